The van der Waals surface area contributed by atoms with Crippen LogP contribution in [0, 0.1) is 0 Å². The summed E-state index contributed by atoms with van der Waals surface area (Å²) in [6, 6.07) is 76.5. The predicted octanol–water partition coefficient (Wildman–Crippen LogP) is 16.5. The van der Waals surface area contributed by atoms with Gasteiger partial charge in [0.1, 0.15) is 0 Å². The van der Waals surface area contributed by atoms with E-state index >= 15 is 0 Å². The second kappa shape index (κ2) is 12.7. The van der Waals surface area contributed by atoms with E-state index in [-0.39, 0.29) is 0 Å². The van der Waals surface area contributed by atoms with E-state index in [9.17, 15) is 0 Å². The normalized spacial score (nSPS) is 11.9. The van der Waals surface area contributed by atoms with Crippen molar-refractivity contribution in [2.75, 3.05) is 0 Å². The molecule has 0 aliphatic carbocycles. The molecule has 12 rings (SSSR count). The Labute approximate surface area is 334 Å². The Hall–Kier alpha value is -7.06. The van der Waals surface area contributed by atoms with Gasteiger partial charge in [-0.1, -0.05) is 182 Å². The minimum absolute atomic E-state index is 1.22. The second-order valence-corrected chi connectivity index (χ2v) is 16.2. The first-order valence-corrected chi connectivity index (χ1v) is 20.5. The zero-order valence-corrected chi connectivity index (χ0v) is 31.9. The summed E-state index contributed by atoms with van der Waals surface area (Å²) in [5, 5.41) is 15.4. The van der Waals surface area contributed by atoms with Gasteiger partial charge in [0.25, 0.3) is 0 Å². The molecule has 12 aromatic rings. The smallest absolute Gasteiger partial charge is 0.0440 e. The molecule has 11 aromatic carbocycles. The lowest BCUT2D eigenvalue weighted by atomic mass is 9.83. The molecule has 0 radical (unpaired) electrons. The van der Waals surface area contributed by atoms with Crippen LogP contribution in [0.15, 0.2) is 206 Å². The molecule has 0 unspecified atom stereocenters. The van der Waals surface area contributed by atoms with E-state index in [0.717, 1.165) is 0 Å². The van der Waals surface area contributed by atoms with Crippen LogP contribution in [0.1, 0.15) is 0 Å². The van der Waals surface area contributed by atoms with Crippen LogP contribution in [0.2, 0.25) is 0 Å². The van der Waals surface area contributed by atoms with Crippen molar-refractivity contribution in [3.63, 3.8) is 0 Å². The van der Waals surface area contributed by atoms with Gasteiger partial charge in [0, 0.05) is 25.7 Å². The monoisotopic (exact) mass is 738 g/mol. The van der Waals surface area contributed by atoms with E-state index in [0.29, 0.717) is 0 Å². The SMILES string of the molecule is c1ccc(-c2cc(-c3c4ccccc4c(-c4cccc(-c5c6ccccc6cc6c5sc5c7ccccc7ccc65)c4)c4ccccc34)c3ccccc3c2)cc1. The molecular formula is C56H34S. The van der Waals surface area contributed by atoms with Gasteiger partial charge < -0.3 is 0 Å². The number of rotatable bonds is 4. The van der Waals surface area contributed by atoms with Crippen molar-refractivity contribution in [1.82, 2.24) is 0 Å². The lowest BCUT2D eigenvalue weighted by Crippen LogP contribution is -1.93. The number of thiophene rings is 1. The molecule has 1 heteroatoms. The summed E-state index contributed by atoms with van der Waals surface area (Å²) in [4.78, 5) is 0. The molecule has 0 aliphatic rings. The van der Waals surface area contributed by atoms with Gasteiger partial charge in [-0.15, -0.1) is 11.3 Å². The minimum atomic E-state index is 1.22. The van der Waals surface area contributed by atoms with E-state index in [4.69, 9.17) is 0 Å². The third kappa shape index (κ3) is 4.99. The van der Waals surface area contributed by atoms with Crippen molar-refractivity contribution >= 4 is 85.4 Å². The molecule has 0 spiro atoms. The first-order valence-electron chi connectivity index (χ1n) is 19.7. The Morgan fingerprint density at radius 1 is 0.228 bits per heavy atom. The van der Waals surface area contributed by atoms with Crippen molar-refractivity contribution < 1.29 is 0 Å². The molecular weight excluding hydrogens is 705 g/mol. The molecule has 0 N–H and O–H groups in total. The van der Waals surface area contributed by atoms with Crippen molar-refractivity contribution in [2.45, 2.75) is 0 Å². The highest BCUT2D eigenvalue weighted by Gasteiger charge is 2.21. The predicted molar refractivity (Wildman–Crippen MR) is 249 cm³/mol. The summed E-state index contributed by atoms with van der Waals surface area (Å²) in [5.74, 6) is 0. The quantitative estimate of drug-likeness (QED) is 0.158. The highest BCUT2D eigenvalue weighted by molar-refractivity contribution is 7.27. The van der Waals surface area contributed by atoms with Gasteiger partial charge in [-0.3, -0.25) is 0 Å². The molecule has 1 heterocycles. The van der Waals surface area contributed by atoms with Crippen LogP contribution >= 0.6 is 11.3 Å². The van der Waals surface area contributed by atoms with Crippen LogP contribution in [0.25, 0.3) is 119 Å². The average molecular weight is 739 g/mol. The third-order valence-corrected chi connectivity index (χ3v) is 13.3. The van der Waals surface area contributed by atoms with Gasteiger partial charge in [-0.2, -0.15) is 0 Å². The molecule has 0 saturated carbocycles. The van der Waals surface area contributed by atoms with Gasteiger partial charge in [-0.05, 0) is 117 Å². The number of hydrogen-bond acceptors (Lipinski definition) is 1. The highest BCUT2D eigenvalue weighted by atomic mass is 32.1. The van der Waals surface area contributed by atoms with Crippen LogP contribution in [0.5, 0.6) is 0 Å². The molecule has 1 aromatic heterocycles. The topological polar surface area (TPSA) is 0 Å². The van der Waals surface area contributed by atoms with Gasteiger partial charge in [-0.25, -0.2) is 0 Å². The average Bonchev–Trinajstić information content (AvgIpc) is 3.66. The molecule has 0 amide bonds. The van der Waals surface area contributed by atoms with Gasteiger partial charge >= 0.3 is 0 Å². The zero-order valence-electron chi connectivity index (χ0n) is 31.0. The molecule has 0 saturated heterocycles. The van der Waals surface area contributed by atoms with Gasteiger partial charge in [0.15, 0.2) is 0 Å². The summed E-state index contributed by atoms with van der Waals surface area (Å²) < 4.78 is 2.69. The Morgan fingerprint density at radius 2 is 0.754 bits per heavy atom. The van der Waals surface area contributed by atoms with Gasteiger partial charge in [0.05, 0.1) is 0 Å². The fourth-order valence-corrected chi connectivity index (χ4v) is 10.9. The van der Waals surface area contributed by atoms with E-state index in [1.54, 1.807) is 0 Å². The summed E-state index contributed by atoms with van der Waals surface area (Å²) >= 11 is 1.93. The zero-order chi connectivity index (χ0) is 37.5. The van der Waals surface area contributed by atoms with Crippen LogP contribution < -0.4 is 0 Å². The van der Waals surface area contributed by atoms with E-state index < -0.39 is 0 Å². The third-order valence-electron chi connectivity index (χ3n) is 12.0. The molecule has 0 bridgehead atoms. The largest absolute Gasteiger partial charge is 0.134 e. The first-order chi connectivity index (χ1) is 28.3. The molecule has 57 heavy (non-hydrogen) atoms. The standard InChI is InChI=1S/C56H34S/c1-2-15-35(16-3-1)41-31-37-18-5-7-22-42(37)50(34-41)54-47-27-12-10-25-45(47)52(46-26-11-13-28-48(46)54)39-20-14-21-40(32-39)53-43-23-8-6-19-38(43)33-51-49-30-29-36-17-4-9-24-44(36)55(49)57-56(51)53/h1-34H. The lowest BCUT2D eigenvalue weighted by Gasteiger charge is -2.20. The molecule has 0 fully saturated rings. The van der Waals surface area contributed by atoms with Crippen LogP contribution in [-0.2, 0) is 0 Å². The number of benzene rings is 11. The summed E-state index contributed by atoms with van der Waals surface area (Å²) in [6.45, 7) is 0. The maximum absolute atomic E-state index is 2.45. The van der Waals surface area contributed by atoms with Crippen LogP contribution in [0.4, 0.5) is 0 Å². The lowest BCUT2D eigenvalue weighted by molar-refractivity contribution is 1.63. The summed E-state index contributed by atoms with van der Waals surface area (Å²) in [5.41, 5.74) is 10.0. The van der Waals surface area contributed by atoms with Crippen molar-refractivity contribution in [3.05, 3.63) is 206 Å². The van der Waals surface area contributed by atoms with Crippen molar-refractivity contribution in [3.8, 4) is 44.5 Å². The summed E-state index contributed by atoms with van der Waals surface area (Å²) in [6.07, 6.45) is 0. The second-order valence-electron chi connectivity index (χ2n) is 15.1. The van der Waals surface area contributed by atoms with E-state index in [1.165, 1.54) is 119 Å². The fraction of sp³-hybridized carbons (Fsp3) is 0. The summed E-state index contributed by atoms with van der Waals surface area (Å²) in [7, 11) is 0. The minimum Gasteiger partial charge on any atom is -0.134 e. The van der Waals surface area contributed by atoms with E-state index in [2.05, 4.69) is 206 Å². The molecule has 264 valence electrons. The van der Waals surface area contributed by atoms with E-state index in [1.807, 2.05) is 11.3 Å². The Morgan fingerprint density at radius 3 is 1.46 bits per heavy atom. The van der Waals surface area contributed by atoms with Crippen LogP contribution in [-0.4, -0.2) is 0 Å². The van der Waals surface area contributed by atoms with Crippen molar-refractivity contribution in [1.29, 1.82) is 0 Å². The molecule has 0 aliphatic heterocycles. The van der Waals surface area contributed by atoms with Crippen molar-refractivity contribution in [2.24, 2.45) is 0 Å². The number of fused-ring (bicyclic) bond motifs is 9. The Balaban J connectivity index is 1.14. The molecule has 0 atom stereocenters. The maximum Gasteiger partial charge on any atom is 0.0440 e. The maximum atomic E-state index is 2.45. The Kier molecular flexibility index (Phi) is 7.20. The number of hydrogen-bond donors (Lipinski definition) is 0. The van der Waals surface area contributed by atoms with Gasteiger partial charge in [0.2, 0.25) is 0 Å². The highest BCUT2D eigenvalue weighted by Crippen LogP contribution is 2.49. The van der Waals surface area contributed by atoms with Crippen LogP contribution in [0.3, 0.4) is 0 Å². The fourth-order valence-electron chi connectivity index (χ4n) is 9.46. The Bertz CT molecular complexity index is 3510. The first kappa shape index (κ1) is 32.2. The molecule has 0 nitrogen and oxygen atoms in total.